The largest absolute Gasteiger partial charge is 0.342 e. The quantitative estimate of drug-likeness (QED) is 0.842. The summed E-state index contributed by atoms with van der Waals surface area (Å²) in [4.78, 5) is 25.6. The van der Waals surface area contributed by atoms with Crippen LogP contribution in [0.25, 0.3) is 0 Å². The highest BCUT2D eigenvalue weighted by molar-refractivity contribution is 9.10. The molecule has 19 heavy (non-hydrogen) atoms. The zero-order valence-electron chi connectivity index (χ0n) is 10.1. The van der Waals surface area contributed by atoms with E-state index in [1.807, 2.05) is 0 Å². The predicted molar refractivity (Wildman–Crippen MR) is 72.3 cm³/mol. The molecule has 5 nitrogen and oxygen atoms in total. The Kier molecular flexibility index (Phi) is 4.36. The highest BCUT2D eigenvalue weighted by Crippen LogP contribution is 2.19. The van der Waals surface area contributed by atoms with Gasteiger partial charge in [-0.1, -0.05) is 15.9 Å². The standard InChI is InChI=1S/C12H13BrFN3O2/c13-9-1-2-11(10(14)7-9)15-12(19)17-5-3-16(8-18)4-6-17/h1-2,7-8H,3-6H2,(H,15,19). The molecule has 102 valence electrons. The number of anilines is 1. The van der Waals surface area contributed by atoms with E-state index >= 15 is 0 Å². The van der Waals surface area contributed by atoms with E-state index in [9.17, 15) is 14.0 Å². The second kappa shape index (κ2) is 6.01. The molecular weight excluding hydrogens is 317 g/mol. The van der Waals surface area contributed by atoms with Crippen LogP contribution >= 0.6 is 15.9 Å². The molecule has 0 saturated carbocycles. The molecule has 0 atom stereocenters. The van der Waals surface area contributed by atoms with E-state index in [1.165, 1.54) is 12.1 Å². The van der Waals surface area contributed by atoms with Crippen LogP contribution in [0.15, 0.2) is 22.7 Å². The van der Waals surface area contributed by atoms with Crippen molar-refractivity contribution < 1.29 is 14.0 Å². The second-order valence-corrected chi connectivity index (χ2v) is 5.10. The Morgan fingerprint density at radius 1 is 1.32 bits per heavy atom. The lowest BCUT2D eigenvalue weighted by atomic mass is 10.3. The summed E-state index contributed by atoms with van der Waals surface area (Å²) in [6, 6.07) is 4.09. The van der Waals surface area contributed by atoms with Gasteiger partial charge in [-0.3, -0.25) is 4.79 Å². The highest BCUT2D eigenvalue weighted by atomic mass is 79.9. The van der Waals surface area contributed by atoms with E-state index in [1.54, 1.807) is 15.9 Å². The third kappa shape index (κ3) is 3.44. The number of amides is 3. The average molecular weight is 330 g/mol. The Balaban J connectivity index is 1.96. The van der Waals surface area contributed by atoms with Gasteiger partial charge in [0.05, 0.1) is 5.69 Å². The van der Waals surface area contributed by atoms with Gasteiger partial charge in [-0.25, -0.2) is 9.18 Å². The molecule has 0 aliphatic carbocycles. The van der Waals surface area contributed by atoms with Crippen LogP contribution < -0.4 is 5.32 Å². The van der Waals surface area contributed by atoms with Crippen molar-refractivity contribution in [2.24, 2.45) is 0 Å². The van der Waals surface area contributed by atoms with E-state index in [0.717, 1.165) is 6.41 Å². The molecule has 1 fully saturated rings. The normalized spacial score (nSPS) is 15.3. The molecule has 2 rings (SSSR count). The first-order valence-electron chi connectivity index (χ1n) is 5.80. The fraction of sp³-hybridized carbons (Fsp3) is 0.333. The number of benzene rings is 1. The number of nitrogens with zero attached hydrogens (tertiary/aromatic N) is 2. The monoisotopic (exact) mass is 329 g/mol. The number of hydrogen-bond acceptors (Lipinski definition) is 2. The Labute approximate surface area is 118 Å². The third-order valence-corrected chi connectivity index (χ3v) is 3.42. The molecule has 0 radical (unpaired) electrons. The van der Waals surface area contributed by atoms with Gasteiger partial charge in [0.1, 0.15) is 5.82 Å². The summed E-state index contributed by atoms with van der Waals surface area (Å²) in [5.74, 6) is -0.491. The number of hydrogen-bond donors (Lipinski definition) is 1. The third-order valence-electron chi connectivity index (χ3n) is 2.92. The summed E-state index contributed by atoms with van der Waals surface area (Å²) in [7, 11) is 0. The van der Waals surface area contributed by atoms with Crippen LogP contribution in [0, 0.1) is 5.82 Å². The van der Waals surface area contributed by atoms with Crippen LogP contribution in [0.4, 0.5) is 14.9 Å². The van der Waals surface area contributed by atoms with Crippen molar-refractivity contribution in [2.75, 3.05) is 31.5 Å². The molecule has 0 unspecified atom stereocenters. The number of carbonyl (C=O) groups is 2. The van der Waals surface area contributed by atoms with Crippen molar-refractivity contribution in [2.45, 2.75) is 0 Å². The first kappa shape index (κ1) is 13.8. The maximum absolute atomic E-state index is 13.6. The molecule has 1 heterocycles. The first-order valence-corrected chi connectivity index (χ1v) is 6.60. The highest BCUT2D eigenvalue weighted by Gasteiger charge is 2.20. The fourth-order valence-electron chi connectivity index (χ4n) is 1.82. The van der Waals surface area contributed by atoms with E-state index in [2.05, 4.69) is 21.2 Å². The Morgan fingerprint density at radius 2 is 2.00 bits per heavy atom. The summed E-state index contributed by atoms with van der Waals surface area (Å²) in [6.45, 7) is 1.89. The summed E-state index contributed by atoms with van der Waals surface area (Å²) in [5, 5.41) is 2.52. The van der Waals surface area contributed by atoms with E-state index in [-0.39, 0.29) is 11.7 Å². The second-order valence-electron chi connectivity index (χ2n) is 4.18. The molecule has 1 aliphatic heterocycles. The van der Waals surface area contributed by atoms with Gasteiger partial charge in [-0.2, -0.15) is 0 Å². The number of nitrogens with one attached hydrogen (secondary N) is 1. The van der Waals surface area contributed by atoms with E-state index < -0.39 is 5.82 Å². The van der Waals surface area contributed by atoms with Crippen molar-refractivity contribution in [1.82, 2.24) is 9.80 Å². The summed E-state index contributed by atoms with van der Waals surface area (Å²) in [6.07, 6.45) is 0.767. The summed E-state index contributed by atoms with van der Waals surface area (Å²) < 4.78 is 14.2. The van der Waals surface area contributed by atoms with Gasteiger partial charge in [-0.05, 0) is 18.2 Å². The SMILES string of the molecule is O=CN1CCN(C(=O)Nc2ccc(Br)cc2F)CC1. The Morgan fingerprint density at radius 3 is 2.58 bits per heavy atom. The topological polar surface area (TPSA) is 52.7 Å². The van der Waals surface area contributed by atoms with Crippen molar-refractivity contribution in [3.8, 4) is 0 Å². The van der Waals surface area contributed by atoms with Gasteiger partial charge in [0, 0.05) is 30.7 Å². The maximum Gasteiger partial charge on any atom is 0.322 e. The fourth-order valence-corrected chi connectivity index (χ4v) is 2.15. The van der Waals surface area contributed by atoms with Crippen molar-refractivity contribution >= 4 is 34.1 Å². The van der Waals surface area contributed by atoms with Crippen LogP contribution in [-0.2, 0) is 4.79 Å². The Hall–Kier alpha value is -1.63. The molecule has 1 N–H and O–H groups in total. The number of piperazine rings is 1. The summed E-state index contributed by atoms with van der Waals surface area (Å²) in [5.41, 5.74) is 0.144. The van der Waals surface area contributed by atoms with Crippen LogP contribution in [0.5, 0.6) is 0 Å². The van der Waals surface area contributed by atoms with Gasteiger partial charge < -0.3 is 15.1 Å². The van der Waals surface area contributed by atoms with E-state index in [0.29, 0.717) is 30.7 Å². The molecule has 0 aromatic heterocycles. The number of urea groups is 1. The van der Waals surface area contributed by atoms with Crippen LogP contribution in [0.1, 0.15) is 0 Å². The lowest BCUT2D eigenvalue weighted by molar-refractivity contribution is -0.119. The smallest absolute Gasteiger partial charge is 0.322 e. The van der Waals surface area contributed by atoms with Gasteiger partial charge in [0.15, 0.2) is 0 Å². The first-order chi connectivity index (χ1) is 9.10. The molecule has 1 saturated heterocycles. The predicted octanol–water partition coefficient (Wildman–Crippen LogP) is 1.89. The molecule has 3 amide bonds. The van der Waals surface area contributed by atoms with Crippen molar-refractivity contribution in [3.05, 3.63) is 28.5 Å². The lowest BCUT2D eigenvalue weighted by Crippen LogP contribution is -2.49. The minimum absolute atomic E-state index is 0.144. The minimum Gasteiger partial charge on any atom is -0.342 e. The van der Waals surface area contributed by atoms with Crippen molar-refractivity contribution in [1.29, 1.82) is 0 Å². The number of rotatable bonds is 2. The van der Waals surface area contributed by atoms with E-state index in [4.69, 9.17) is 0 Å². The molecule has 7 heteroatoms. The van der Waals surface area contributed by atoms with Gasteiger partial charge in [-0.15, -0.1) is 0 Å². The van der Waals surface area contributed by atoms with Gasteiger partial charge in [0.2, 0.25) is 6.41 Å². The van der Waals surface area contributed by atoms with Crippen LogP contribution in [-0.4, -0.2) is 48.4 Å². The average Bonchev–Trinajstić information content (AvgIpc) is 2.42. The Bertz CT molecular complexity index is 490. The summed E-state index contributed by atoms with van der Waals surface area (Å²) >= 11 is 3.15. The zero-order chi connectivity index (χ0) is 13.8. The maximum atomic E-state index is 13.6. The number of carbonyl (C=O) groups excluding carboxylic acids is 2. The number of halogens is 2. The van der Waals surface area contributed by atoms with Gasteiger partial charge in [0.25, 0.3) is 0 Å². The molecule has 0 spiro atoms. The lowest BCUT2D eigenvalue weighted by Gasteiger charge is -2.32. The molecule has 0 bridgehead atoms. The minimum atomic E-state index is -0.491. The van der Waals surface area contributed by atoms with Crippen LogP contribution in [0.3, 0.4) is 0 Å². The molecule has 1 aromatic rings. The van der Waals surface area contributed by atoms with Crippen LogP contribution in [0.2, 0.25) is 0 Å². The zero-order valence-corrected chi connectivity index (χ0v) is 11.7. The molecular formula is C12H13BrFN3O2. The molecule has 1 aliphatic rings. The molecule has 1 aromatic carbocycles. The van der Waals surface area contributed by atoms with Crippen molar-refractivity contribution in [3.63, 3.8) is 0 Å². The van der Waals surface area contributed by atoms with Gasteiger partial charge >= 0.3 is 6.03 Å².